The third-order valence-electron chi connectivity index (χ3n) is 4.69. The van der Waals surface area contributed by atoms with Crippen molar-refractivity contribution in [2.45, 2.75) is 37.2 Å². The van der Waals surface area contributed by atoms with Crippen LogP contribution in [-0.2, 0) is 18.7 Å². The molecular weight excluding hydrogens is 348 g/mol. The number of hydrogen-bond acceptors (Lipinski definition) is 5. The Labute approximate surface area is 156 Å². The molecular formula is C19H23N4S2+. The molecule has 1 aliphatic heterocycles. The molecule has 4 nitrogen and oxygen atoms in total. The van der Waals surface area contributed by atoms with E-state index in [1.807, 2.05) is 17.4 Å². The minimum atomic E-state index is 0.650. The summed E-state index contributed by atoms with van der Waals surface area (Å²) < 4.78 is 0. The molecule has 0 spiro atoms. The zero-order chi connectivity index (χ0) is 17.2. The molecule has 3 aromatic rings. The summed E-state index contributed by atoms with van der Waals surface area (Å²) in [5.41, 5.74) is 9.00. The molecule has 0 amide bonds. The van der Waals surface area contributed by atoms with Crippen molar-refractivity contribution < 1.29 is 4.90 Å². The van der Waals surface area contributed by atoms with E-state index in [-0.39, 0.29) is 0 Å². The number of quaternary nitrogens is 1. The Morgan fingerprint density at radius 1 is 1.24 bits per heavy atom. The Hall–Kier alpha value is -1.63. The van der Waals surface area contributed by atoms with Gasteiger partial charge in [-0.15, -0.1) is 11.3 Å². The van der Waals surface area contributed by atoms with Gasteiger partial charge in [0.15, 0.2) is 5.16 Å². The summed E-state index contributed by atoms with van der Waals surface area (Å²) in [6, 6.07) is 10.4. The minimum absolute atomic E-state index is 0.650. The van der Waals surface area contributed by atoms with Gasteiger partial charge in [0, 0.05) is 12.2 Å². The molecule has 0 bridgehead atoms. The summed E-state index contributed by atoms with van der Waals surface area (Å²) in [7, 11) is 0. The van der Waals surface area contributed by atoms with Gasteiger partial charge in [0.05, 0.1) is 23.4 Å². The number of thioether (sulfide) groups is 1. The average Bonchev–Trinajstić information content (AvgIpc) is 2.99. The fourth-order valence-corrected chi connectivity index (χ4v) is 5.65. The van der Waals surface area contributed by atoms with Crippen LogP contribution in [0.4, 0.5) is 5.82 Å². The van der Waals surface area contributed by atoms with E-state index in [9.17, 15) is 0 Å². The predicted molar refractivity (Wildman–Crippen MR) is 106 cm³/mol. The standard InChI is InChI=1S/C19H22N4S2/c1-2-9-23-10-8-14-15(11-23)25-18-16(14)17(20)21-19(22-18)24-12-13-6-4-3-5-7-13/h3-7H,2,8-12H2,1H3,(H2,20,21,22)/p+1. The van der Waals surface area contributed by atoms with Crippen LogP contribution in [0.2, 0.25) is 0 Å². The van der Waals surface area contributed by atoms with Gasteiger partial charge in [-0.3, -0.25) is 0 Å². The normalized spacial score (nSPS) is 16.9. The van der Waals surface area contributed by atoms with Crippen LogP contribution in [0.15, 0.2) is 35.5 Å². The van der Waals surface area contributed by atoms with Crippen LogP contribution >= 0.6 is 23.1 Å². The topological polar surface area (TPSA) is 56.2 Å². The van der Waals surface area contributed by atoms with Crippen LogP contribution in [0, 0.1) is 0 Å². The van der Waals surface area contributed by atoms with Gasteiger partial charge in [-0.2, -0.15) is 0 Å². The highest BCUT2D eigenvalue weighted by atomic mass is 32.2. The number of nitrogens with zero attached hydrogens (tertiary/aromatic N) is 2. The van der Waals surface area contributed by atoms with Gasteiger partial charge in [-0.25, -0.2) is 9.97 Å². The molecule has 0 aliphatic carbocycles. The van der Waals surface area contributed by atoms with Gasteiger partial charge < -0.3 is 10.6 Å². The first-order chi connectivity index (χ1) is 12.2. The lowest BCUT2D eigenvalue weighted by molar-refractivity contribution is -0.915. The molecule has 25 heavy (non-hydrogen) atoms. The molecule has 1 unspecified atom stereocenters. The maximum absolute atomic E-state index is 6.32. The second-order valence-electron chi connectivity index (χ2n) is 6.53. The van der Waals surface area contributed by atoms with Crippen molar-refractivity contribution in [3.8, 4) is 0 Å². The first-order valence-electron chi connectivity index (χ1n) is 8.82. The second-order valence-corrected chi connectivity index (χ2v) is 8.55. The minimum Gasteiger partial charge on any atom is -0.383 e. The molecule has 1 aromatic carbocycles. The Balaban J connectivity index is 1.60. The van der Waals surface area contributed by atoms with E-state index in [0.717, 1.165) is 34.1 Å². The van der Waals surface area contributed by atoms with Gasteiger partial charge >= 0.3 is 0 Å². The predicted octanol–water partition coefficient (Wildman–Crippen LogP) is 2.92. The number of hydrogen-bond donors (Lipinski definition) is 2. The monoisotopic (exact) mass is 371 g/mol. The molecule has 1 aliphatic rings. The molecule has 0 saturated carbocycles. The van der Waals surface area contributed by atoms with Gasteiger partial charge in [0.25, 0.3) is 0 Å². The molecule has 2 aromatic heterocycles. The summed E-state index contributed by atoms with van der Waals surface area (Å²) >= 11 is 3.47. The Kier molecular flexibility index (Phi) is 4.92. The second kappa shape index (κ2) is 7.32. The van der Waals surface area contributed by atoms with Crippen molar-refractivity contribution in [1.82, 2.24) is 9.97 Å². The number of thiophene rings is 1. The molecule has 0 saturated heterocycles. The Morgan fingerprint density at radius 2 is 2.08 bits per heavy atom. The van der Waals surface area contributed by atoms with Crippen LogP contribution in [0.1, 0.15) is 29.3 Å². The summed E-state index contributed by atoms with van der Waals surface area (Å²) in [5.74, 6) is 1.52. The third kappa shape index (κ3) is 3.52. The molecule has 3 N–H and O–H groups in total. The van der Waals surface area contributed by atoms with Crippen LogP contribution in [0.3, 0.4) is 0 Å². The smallest absolute Gasteiger partial charge is 0.191 e. The van der Waals surface area contributed by atoms with E-state index >= 15 is 0 Å². The highest BCUT2D eigenvalue weighted by molar-refractivity contribution is 7.98. The lowest BCUT2D eigenvalue weighted by atomic mass is 10.1. The molecule has 0 fully saturated rings. The number of nitrogens with one attached hydrogen (secondary N) is 1. The number of nitrogens with two attached hydrogens (primary N) is 1. The fraction of sp³-hybridized carbons (Fsp3) is 0.368. The van der Waals surface area contributed by atoms with Gasteiger partial charge in [-0.05, 0) is 17.5 Å². The number of fused-ring (bicyclic) bond motifs is 3. The number of benzene rings is 1. The van der Waals surface area contributed by atoms with E-state index in [4.69, 9.17) is 10.7 Å². The fourth-order valence-electron chi connectivity index (χ4n) is 3.49. The largest absolute Gasteiger partial charge is 0.383 e. The first kappa shape index (κ1) is 16.8. The number of nitrogen functional groups attached to an aromatic ring is 1. The van der Waals surface area contributed by atoms with E-state index in [1.165, 1.54) is 35.5 Å². The number of aromatic nitrogens is 2. The summed E-state index contributed by atoms with van der Waals surface area (Å²) in [6.07, 6.45) is 2.33. The summed E-state index contributed by atoms with van der Waals surface area (Å²) in [4.78, 5) is 13.6. The lowest BCUT2D eigenvalue weighted by Crippen LogP contribution is -3.11. The maximum Gasteiger partial charge on any atom is 0.191 e. The zero-order valence-electron chi connectivity index (χ0n) is 14.4. The third-order valence-corrected chi connectivity index (χ3v) is 6.74. The number of anilines is 1. The van der Waals surface area contributed by atoms with Crippen molar-refractivity contribution in [3.63, 3.8) is 0 Å². The van der Waals surface area contributed by atoms with Crippen molar-refractivity contribution >= 4 is 39.1 Å². The average molecular weight is 372 g/mol. The quantitative estimate of drug-likeness (QED) is 0.535. The van der Waals surface area contributed by atoms with Gasteiger partial charge in [-0.1, -0.05) is 49.0 Å². The van der Waals surface area contributed by atoms with E-state index < -0.39 is 0 Å². The van der Waals surface area contributed by atoms with Crippen LogP contribution < -0.4 is 10.6 Å². The summed E-state index contributed by atoms with van der Waals surface area (Å²) in [6.45, 7) is 5.80. The molecule has 6 heteroatoms. The molecule has 3 heterocycles. The Morgan fingerprint density at radius 3 is 2.88 bits per heavy atom. The van der Waals surface area contributed by atoms with E-state index in [2.05, 4.69) is 36.2 Å². The van der Waals surface area contributed by atoms with E-state index in [0.29, 0.717) is 5.82 Å². The highest BCUT2D eigenvalue weighted by Crippen LogP contribution is 2.35. The zero-order valence-corrected chi connectivity index (χ0v) is 16.1. The van der Waals surface area contributed by atoms with Crippen molar-refractivity contribution in [2.24, 2.45) is 0 Å². The highest BCUT2D eigenvalue weighted by Gasteiger charge is 2.25. The molecule has 0 radical (unpaired) electrons. The van der Waals surface area contributed by atoms with Gasteiger partial charge in [0.1, 0.15) is 17.2 Å². The summed E-state index contributed by atoms with van der Waals surface area (Å²) in [5, 5.41) is 1.89. The molecule has 130 valence electrons. The lowest BCUT2D eigenvalue weighted by Gasteiger charge is -2.23. The van der Waals surface area contributed by atoms with Gasteiger partial charge in [0.2, 0.25) is 0 Å². The molecule has 1 atom stereocenters. The van der Waals surface area contributed by atoms with Crippen molar-refractivity contribution in [2.75, 3.05) is 18.8 Å². The molecule has 4 rings (SSSR count). The maximum atomic E-state index is 6.32. The van der Waals surface area contributed by atoms with Crippen LogP contribution in [-0.4, -0.2) is 23.1 Å². The number of rotatable bonds is 5. The SMILES string of the molecule is CCC[NH+]1CCc2c(sc3nc(SCc4ccccc4)nc(N)c23)C1. The van der Waals surface area contributed by atoms with Crippen molar-refractivity contribution in [1.29, 1.82) is 0 Å². The van der Waals surface area contributed by atoms with Crippen molar-refractivity contribution in [3.05, 3.63) is 46.3 Å². The van der Waals surface area contributed by atoms with Crippen LogP contribution in [0.5, 0.6) is 0 Å². The van der Waals surface area contributed by atoms with Crippen LogP contribution in [0.25, 0.3) is 10.2 Å². The van der Waals surface area contributed by atoms with E-state index in [1.54, 1.807) is 16.7 Å². The first-order valence-corrected chi connectivity index (χ1v) is 10.6. The Bertz CT molecular complexity index is 876.